The molecule has 0 spiro atoms. The number of rotatable bonds is 2. The Labute approximate surface area is 177 Å². The maximum absolute atomic E-state index is 10.6. The molecule has 1 fully saturated rings. The second-order valence-corrected chi connectivity index (χ2v) is 8.23. The monoisotopic (exact) mass is 398 g/mol. The van der Waals surface area contributed by atoms with E-state index in [0.717, 1.165) is 59.4 Å². The van der Waals surface area contributed by atoms with Gasteiger partial charge in [-0.05, 0) is 36.1 Å². The molecule has 0 aliphatic heterocycles. The van der Waals surface area contributed by atoms with E-state index in [0.29, 0.717) is 0 Å². The van der Waals surface area contributed by atoms with Gasteiger partial charge in [0.15, 0.2) is 0 Å². The minimum absolute atomic E-state index is 0.000671. The van der Waals surface area contributed by atoms with Crippen LogP contribution in [0.25, 0.3) is 12.2 Å². The van der Waals surface area contributed by atoms with E-state index in [-0.39, 0.29) is 12.1 Å². The number of aliphatic imine (C=N–C) groups is 2. The van der Waals surface area contributed by atoms with E-state index in [1.807, 2.05) is 60.7 Å². The second kappa shape index (κ2) is 8.13. The Morgan fingerprint density at radius 1 is 0.633 bits per heavy atom. The summed E-state index contributed by atoms with van der Waals surface area (Å²) in [7, 11) is 0. The van der Waals surface area contributed by atoms with Gasteiger partial charge in [-0.25, -0.2) is 0 Å². The fourth-order valence-corrected chi connectivity index (χ4v) is 4.68. The summed E-state index contributed by atoms with van der Waals surface area (Å²) in [6.45, 7) is 0. The van der Waals surface area contributed by atoms with E-state index in [1.165, 1.54) is 0 Å². The van der Waals surface area contributed by atoms with Crippen LogP contribution in [-0.2, 0) is 0 Å². The first-order chi connectivity index (χ1) is 14.7. The van der Waals surface area contributed by atoms with Gasteiger partial charge in [0, 0.05) is 11.1 Å². The van der Waals surface area contributed by atoms with E-state index < -0.39 is 12.2 Å². The van der Waals surface area contributed by atoms with Crippen molar-refractivity contribution in [2.45, 2.75) is 50.0 Å². The van der Waals surface area contributed by atoms with E-state index in [4.69, 9.17) is 9.98 Å². The molecule has 3 aliphatic rings. The molecule has 0 saturated heterocycles. The fraction of sp³-hybridized carbons (Fsp3) is 0.308. The number of hydrogen-bond acceptors (Lipinski definition) is 4. The first-order valence-corrected chi connectivity index (χ1v) is 10.8. The molecule has 0 aromatic heterocycles. The lowest BCUT2D eigenvalue weighted by molar-refractivity contribution is 0.284. The van der Waals surface area contributed by atoms with Crippen LogP contribution in [0, 0.1) is 0 Å². The molecule has 5 rings (SSSR count). The Bertz CT molecular complexity index is 981. The Kier molecular flexibility index (Phi) is 5.19. The smallest absolute Gasteiger partial charge is 0.115 e. The SMILES string of the molecule is OC1C=Cc2ccccc2C1=N[C@@H]1CCCC[C@H]1N=C1c2ccccc2C=CC1O. The van der Waals surface area contributed by atoms with Crippen molar-refractivity contribution in [3.05, 3.63) is 82.9 Å². The predicted octanol–water partition coefficient (Wildman–Crippen LogP) is 4.05. The van der Waals surface area contributed by atoms with E-state index in [1.54, 1.807) is 12.2 Å². The molecule has 2 aromatic carbocycles. The van der Waals surface area contributed by atoms with E-state index in [9.17, 15) is 10.2 Å². The Hall–Kier alpha value is -2.82. The highest BCUT2D eigenvalue weighted by Crippen LogP contribution is 2.29. The minimum Gasteiger partial charge on any atom is -0.383 e. The second-order valence-electron chi connectivity index (χ2n) is 8.23. The van der Waals surface area contributed by atoms with Crippen molar-refractivity contribution in [1.82, 2.24) is 0 Å². The van der Waals surface area contributed by atoms with Crippen molar-refractivity contribution in [3.8, 4) is 0 Å². The van der Waals surface area contributed by atoms with Gasteiger partial charge in [-0.3, -0.25) is 9.98 Å². The number of hydrogen-bond donors (Lipinski definition) is 2. The molecule has 2 unspecified atom stereocenters. The molecule has 0 heterocycles. The van der Waals surface area contributed by atoms with Gasteiger partial charge in [-0.2, -0.15) is 0 Å². The maximum Gasteiger partial charge on any atom is 0.115 e. The summed E-state index contributed by atoms with van der Waals surface area (Å²) in [5.41, 5.74) is 5.62. The zero-order valence-electron chi connectivity index (χ0n) is 16.9. The van der Waals surface area contributed by atoms with Crippen LogP contribution in [0.3, 0.4) is 0 Å². The maximum atomic E-state index is 10.6. The van der Waals surface area contributed by atoms with Gasteiger partial charge in [0.05, 0.1) is 23.5 Å². The third-order valence-electron chi connectivity index (χ3n) is 6.25. The highest BCUT2D eigenvalue weighted by atomic mass is 16.3. The van der Waals surface area contributed by atoms with Crippen LogP contribution in [-0.4, -0.2) is 45.9 Å². The van der Waals surface area contributed by atoms with Gasteiger partial charge in [0.1, 0.15) is 12.2 Å². The Balaban J connectivity index is 1.52. The molecule has 0 amide bonds. The number of aliphatic hydroxyl groups is 2. The molecule has 0 bridgehead atoms. The van der Waals surface area contributed by atoms with Crippen molar-refractivity contribution < 1.29 is 10.2 Å². The number of nitrogens with zero attached hydrogens (tertiary/aromatic N) is 2. The Morgan fingerprint density at radius 3 is 1.53 bits per heavy atom. The topological polar surface area (TPSA) is 65.2 Å². The van der Waals surface area contributed by atoms with E-state index >= 15 is 0 Å². The van der Waals surface area contributed by atoms with Gasteiger partial charge in [-0.15, -0.1) is 0 Å². The highest BCUT2D eigenvalue weighted by Gasteiger charge is 2.29. The van der Waals surface area contributed by atoms with Gasteiger partial charge in [0.25, 0.3) is 0 Å². The molecule has 2 N–H and O–H groups in total. The minimum atomic E-state index is -0.695. The van der Waals surface area contributed by atoms with Gasteiger partial charge >= 0.3 is 0 Å². The molecule has 4 nitrogen and oxygen atoms in total. The first kappa shape index (κ1) is 19.2. The number of fused-ring (bicyclic) bond motifs is 2. The summed E-state index contributed by atoms with van der Waals surface area (Å²) in [4.78, 5) is 10.1. The normalized spacial score (nSPS) is 30.3. The summed E-state index contributed by atoms with van der Waals surface area (Å²) in [6, 6.07) is 16.1. The van der Waals surface area contributed by atoms with Crippen LogP contribution >= 0.6 is 0 Å². The van der Waals surface area contributed by atoms with Gasteiger partial charge < -0.3 is 10.2 Å². The van der Waals surface area contributed by atoms with Gasteiger partial charge in [0.2, 0.25) is 0 Å². The molecule has 2 aromatic rings. The van der Waals surface area contributed by atoms with Gasteiger partial charge in [-0.1, -0.05) is 73.5 Å². The Morgan fingerprint density at radius 2 is 1.07 bits per heavy atom. The molecule has 0 radical (unpaired) electrons. The lowest BCUT2D eigenvalue weighted by Gasteiger charge is -2.30. The molecule has 1 saturated carbocycles. The third kappa shape index (κ3) is 3.57. The summed E-state index contributed by atoms with van der Waals surface area (Å²) in [6.07, 6.45) is 10.2. The van der Waals surface area contributed by atoms with Crippen molar-refractivity contribution in [2.75, 3.05) is 0 Å². The zero-order chi connectivity index (χ0) is 20.5. The van der Waals surface area contributed by atoms with Crippen molar-refractivity contribution in [2.24, 2.45) is 9.98 Å². The van der Waals surface area contributed by atoms with Crippen molar-refractivity contribution in [3.63, 3.8) is 0 Å². The average Bonchev–Trinajstić information content (AvgIpc) is 2.78. The first-order valence-electron chi connectivity index (χ1n) is 10.8. The quantitative estimate of drug-likeness (QED) is 0.801. The van der Waals surface area contributed by atoms with Crippen LogP contribution in [0.15, 0.2) is 70.7 Å². The lowest BCUT2D eigenvalue weighted by Crippen LogP contribution is -2.34. The zero-order valence-corrected chi connectivity index (χ0v) is 16.9. The summed E-state index contributed by atoms with van der Waals surface area (Å²) in [5.74, 6) is 0. The standard InChI is InChI=1S/C26H26N2O2/c29-23-15-13-17-7-1-3-9-19(17)25(23)27-21-11-5-6-12-22(21)28-26-20-10-4-2-8-18(20)14-16-24(26)30/h1-4,7-10,13-16,21-24,29-30H,5-6,11-12H2/t21-,22-,23?,24?/m1/s1. The third-order valence-corrected chi connectivity index (χ3v) is 6.25. The summed E-state index contributed by atoms with van der Waals surface area (Å²) >= 11 is 0. The summed E-state index contributed by atoms with van der Waals surface area (Å²) < 4.78 is 0. The predicted molar refractivity (Wildman–Crippen MR) is 122 cm³/mol. The molecule has 152 valence electrons. The lowest BCUT2D eigenvalue weighted by atomic mass is 9.88. The van der Waals surface area contributed by atoms with Crippen molar-refractivity contribution in [1.29, 1.82) is 0 Å². The number of benzene rings is 2. The van der Waals surface area contributed by atoms with Crippen LogP contribution < -0.4 is 0 Å². The molecule has 3 aliphatic carbocycles. The van der Waals surface area contributed by atoms with Crippen LogP contribution in [0.4, 0.5) is 0 Å². The molecule has 30 heavy (non-hydrogen) atoms. The molecular formula is C26H26N2O2. The fourth-order valence-electron chi connectivity index (χ4n) is 4.68. The van der Waals surface area contributed by atoms with Crippen molar-refractivity contribution >= 4 is 23.6 Å². The highest BCUT2D eigenvalue weighted by molar-refractivity contribution is 6.10. The molecule has 4 atom stereocenters. The van der Waals surface area contributed by atoms with Crippen LogP contribution in [0.2, 0.25) is 0 Å². The largest absolute Gasteiger partial charge is 0.383 e. The summed E-state index contributed by atoms with van der Waals surface area (Å²) in [5, 5.41) is 21.2. The average molecular weight is 399 g/mol. The molecule has 4 heteroatoms. The van der Waals surface area contributed by atoms with E-state index in [2.05, 4.69) is 0 Å². The van der Waals surface area contributed by atoms with Crippen LogP contribution in [0.5, 0.6) is 0 Å². The molecular weight excluding hydrogens is 372 g/mol. The number of aliphatic hydroxyl groups excluding tert-OH is 2. The van der Waals surface area contributed by atoms with Crippen LogP contribution in [0.1, 0.15) is 47.9 Å².